The van der Waals surface area contributed by atoms with E-state index in [4.69, 9.17) is 5.73 Å². The number of para-hydroxylation sites is 1. The Labute approximate surface area is 161 Å². The monoisotopic (exact) mass is 381 g/mol. The maximum absolute atomic E-state index is 13.0. The van der Waals surface area contributed by atoms with Crippen LogP contribution in [0.25, 0.3) is 0 Å². The Balaban J connectivity index is 2.33. The van der Waals surface area contributed by atoms with Gasteiger partial charge in [0, 0.05) is 30.5 Å². The molecule has 8 heteroatoms. The second-order valence-electron chi connectivity index (χ2n) is 6.81. The maximum Gasteiger partial charge on any atom is 0.387 e. The summed E-state index contributed by atoms with van der Waals surface area (Å²) in [6.07, 6.45) is 1.84. The van der Waals surface area contributed by atoms with Gasteiger partial charge in [0.15, 0.2) is 5.41 Å². The summed E-state index contributed by atoms with van der Waals surface area (Å²) in [5.41, 5.74) is 5.19. The van der Waals surface area contributed by atoms with Crippen LogP contribution in [0.4, 0.5) is 8.78 Å². The van der Waals surface area contributed by atoms with Gasteiger partial charge in [0.1, 0.15) is 11.8 Å². The van der Waals surface area contributed by atoms with E-state index in [0.29, 0.717) is 18.7 Å². The molecule has 1 aliphatic heterocycles. The van der Waals surface area contributed by atoms with Crippen LogP contribution in [0.3, 0.4) is 0 Å². The lowest BCUT2D eigenvalue weighted by molar-refractivity contribution is -0.0509. The van der Waals surface area contributed by atoms with Crippen LogP contribution in [-0.4, -0.2) is 31.6 Å². The lowest BCUT2D eigenvalue weighted by atomic mass is 9.58. The number of benzene rings is 1. The molecule has 142 valence electrons. The average Bonchev–Trinajstić information content (AvgIpc) is 2.68. The zero-order valence-corrected chi connectivity index (χ0v) is 15.1. The van der Waals surface area contributed by atoms with Crippen molar-refractivity contribution in [2.75, 3.05) is 20.1 Å². The summed E-state index contributed by atoms with van der Waals surface area (Å²) in [4.78, 5) is 1.97. The first-order chi connectivity index (χ1) is 13.4. The van der Waals surface area contributed by atoms with Crippen molar-refractivity contribution in [3.05, 3.63) is 52.7 Å². The largest absolute Gasteiger partial charge is 0.435 e. The summed E-state index contributed by atoms with van der Waals surface area (Å²) in [6.45, 7) is -2.06. The predicted octanol–water partition coefficient (Wildman–Crippen LogP) is 2.64. The van der Waals surface area contributed by atoms with E-state index in [1.54, 1.807) is 12.1 Å². The fourth-order valence-electron chi connectivity index (χ4n) is 4.11. The third-order valence-corrected chi connectivity index (χ3v) is 5.32. The molecule has 1 aliphatic carbocycles. The molecule has 3 rings (SSSR count). The van der Waals surface area contributed by atoms with E-state index in [9.17, 15) is 24.6 Å². The molecule has 0 radical (unpaired) electrons. The third-order valence-electron chi connectivity index (χ3n) is 5.32. The molecule has 0 unspecified atom stereocenters. The molecule has 2 N–H and O–H groups in total. The summed E-state index contributed by atoms with van der Waals surface area (Å²) in [6, 6.07) is 12.1. The first kappa shape index (κ1) is 19.4. The summed E-state index contributed by atoms with van der Waals surface area (Å²) < 4.78 is 30.6. The van der Waals surface area contributed by atoms with Crippen molar-refractivity contribution in [2.24, 2.45) is 17.1 Å². The molecule has 1 aromatic rings. The van der Waals surface area contributed by atoms with Gasteiger partial charge in [-0.05, 0) is 18.7 Å². The fraction of sp³-hybridized carbons (Fsp3) is 0.350. The van der Waals surface area contributed by atoms with Crippen LogP contribution >= 0.6 is 0 Å². The molecular formula is C20H17F2N5O. The number of fused-ring (bicyclic) bond motifs is 1. The second-order valence-corrected chi connectivity index (χ2v) is 6.81. The van der Waals surface area contributed by atoms with Gasteiger partial charge in [0.25, 0.3) is 0 Å². The third kappa shape index (κ3) is 2.87. The molecule has 2 aliphatic rings. The Kier molecular flexibility index (Phi) is 5.05. The first-order valence-corrected chi connectivity index (χ1v) is 8.55. The van der Waals surface area contributed by atoms with Crippen LogP contribution in [-0.2, 0) is 0 Å². The minimum atomic E-state index is -3.06. The quantitative estimate of drug-likeness (QED) is 0.862. The smallest absolute Gasteiger partial charge is 0.387 e. The number of likely N-dealkylation sites (N-methyl/N-ethyl adjacent to an activating group) is 1. The van der Waals surface area contributed by atoms with Gasteiger partial charge in [-0.25, -0.2) is 0 Å². The van der Waals surface area contributed by atoms with Crippen LogP contribution in [0.1, 0.15) is 11.5 Å². The van der Waals surface area contributed by atoms with Crippen molar-refractivity contribution >= 4 is 0 Å². The van der Waals surface area contributed by atoms with Crippen molar-refractivity contribution in [1.29, 1.82) is 15.8 Å². The molecule has 0 saturated heterocycles. The fourth-order valence-corrected chi connectivity index (χ4v) is 4.11. The van der Waals surface area contributed by atoms with Gasteiger partial charge in [-0.1, -0.05) is 24.3 Å². The van der Waals surface area contributed by atoms with Gasteiger partial charge in [0.05, 0.1) is 23.4 Å². The Morgan fingerprint density at radius 2 is 1.93 bits per heavy atom. The van der Waals surface area contributed by atoms with Crippen LogP contribution in [0.2, 0.25) is 0 Å². The highest BCUT2D eigenvalue weighted by molar-refractivity contribution is 5.60. The molecule has 1 heterocycles. The van der Waals surface area contributed by atoms with E-state index in [1.165, 1.54) is 12.1 Å². The predicted molar refractivity (Wildman–Crippen MR) is 95.4 cm³/mol. The maximum atomic E-state index is 13.0. The highest BCUT2D eigenvalue weighted by atomic mass is 19.3. The Morgan fingerprint density at radius 3 is 2.54 bits per heavy atom. The van der Waals surface area contributed by atoms with Crippen molar-refractivity contribution in [3.8, 4) is 24.0 Å². The van der Waals surface area contributed by atoms with E-state index in [0.717, 1.165) is 0 Å². The SMILES string of the molecule is CN1CC=C2C(C#N)=C(N)C(C#N)(C#N)[C@H](c3ccccc3OC(F)F)[C@@H]2C1. The van der Waals surface area contributed by atoms with E-state index >= 15 is 0 Å². The molecule has 2 atom stereocenters. The topological polar surface area (TPSA) is 110 Å². The number of nitrogens with two attached hydrogens (primary N) is 1. The minimum Gasteiger partial charge on any atom is -0.435 e. The summed E-state index contributed by atoms with van der Waals surface area (Å²) in [5, 5.41) is 29.6. The Morgan fingerprint density at radius 1 is 1.25 bits per heavy atom. The molecule has 0 aromatic heterocycles. The van der Waals surface area contributed by atoms with E-state index in [2.05, 4.69) is 4.74 Å². The molecule has 28 heavy (non-hydrogen) atoms. The summed E-state index contributed by atoms with van der Waals surface area (Å²) in [7, 11) is 1.86. The van der Waals surface area contributed by atoms with Crippen molar-refractivity contribution in [1.82, 2.24) is 4.90 Å². The van der Waals surface area contributed by atoms with Crippen LogP contribution in [0.5, 0.6) is 5.75 Å². The van der Waals surface area contributed by atoms with Crippen LogP contribution in [0, 0.1) is 45.3 Å². The van der Waals surface area contributed by atoms with Gasteiger partial charge in [0.2, 0.25) is 0 Å². The zero-order chi connectivity index (χ0) is 20.5. The van der Waals surface area contributed by atoms with Gasteiger partial charge in [-0.3, -0.25) is 0 Å². The van der Waals surface area contributed by atoms with Crippen molar-refractivity contribution in [2.45, 2.75) is 12.5 Å². The highest BCUT2D eigenvalue weighted by Gasteiger charge is 2.55. The highest BCUT2D eigenvalue weighted by Crippen LogP contribution is 2.55. The average molecular weight is 381 g/mol. The molecule has 0 spiro atoms. The molecule has 1 aromatic carbocycles. The number of halogens is 2. The number of rotatable bonds is 3. The lowest BCUT2D eigenvalue weighted by Gasteiger charge is -2.45. The number of ether oxygens (including phenoxy) is 1. The van der Waals surface area contributed by atoms with E-state index in [-0.39, 0.29) is 22.6 Å². The molecule has 0 fully saturated rings. The standard InChI is InChI=1S/C20H17F2N5O/c1-27-7-6-12-14(8-23)18(26)20(10-24,11-25)17(15(12)9-27)13-4-2-3-5-16(13)28-19(21)22/h2-6,15,17,19H,7,9,26H2,1H3/t15-,17-/m1/s1. The van der Waals surface area contributed by atoms with Crippen molar-refractivity contribution < 1.29 is 13.5 Å². The van der Waals surface area contributed by atoms with Crippen LogP contribution in [0.15, 0.2) is 47.2 Å². The molecule has 0 bridgehead atoms. The number of nitrogens with zero attached hydrogens (tertiary/aromatic N) is 4. The van der Waals surface area contributed by atoms with Gasteiger partial charge in [-0.2, -0.15) is 24.6 Å². The Hall–Kier alpha value is -3.41. The zero-order valence-electron chi connectivity index (χ0n) is 15.1. The first-order valence-electron chi connectivity index (χ1n) is 8.55. The van der Waals surface area contributed by atoms with Crippen molar-refractivity contribution in [3.63, 3.8) is 0 Å². The van der Waals surface area contributed by atoms with Gasteiger partial charge >= 0.3 is 6.61 Å². The normalized spacial score (nSPS) is 23.8. The Bertz CT molecular complexity index is 966. The summed E-state index contributed by atoms with van der Waals surface area (Å²) in [5.74, 6) is -1.44. The van der Waals surface area contributed by atoms with Gasteiger partial charge < -0.3 is 15.4 Å². The summed E-state index contributed by atoms with van der Waals surface area (Å²) >= 11 is 0. The lowest BCUT2D eigenvalue weighted by Crippen LogP contribution is -2.47. The van der Waals surface area contributed by atoms with E-state index in [1.807, 2.05) is 36.2 Å². The van der Waals surface area contributed by atoms with Crippen LogP contribution < -0.4 is 10.5 Å². The number of hydrogen-bond acceptors (Lipinski definition) is 6. The molecule has 0 saturated carbocycles. The molecule has 6 nitrogen and oxygen atoms in total. The number of hydrogen-bond donors (Lipinski definition) is 1. The second kappa shape index (κ2) is 7.31. The number of allylic oxidation sites excluding steroid dienone is 2. The number of alkyl halides is 2. The molecule has 0 amide bonds. The minimum absolute atomic E-state index is 0.113. The van der Waals surface area contributed by atoms with E-state index < -0.39 is 23.9 Å². The molecular weight excluding hydrogens is 364 g/mol. The van der Waals surface area contributed by atoms with Gasteiger partial charge in [-0.15, -0.1) is 0 Å². The number of nitriles is 3.